The van der Waals surface area contributed by atoms with E-state index in [4.69, 9.17) is 10.3 Å². The Bertz CT molecular complexity index is 699. The lowest BCUT2D eigenvalue weighted by Gasteiger charge is -2.04. The molecule has 0 bridgehead atoms. The molecule has 3 aromatic rings. The highest BCUT2D eigenvalue weighted by Crippen LogP contribution is 2.35. The first-order valence-corrected chi connectivity index (χ1v) is 5.92. The Morgan fingerprint density at radius 2 is 2.18 bits per heavy atom. The van der Waals surface area contributed by atoms with E-state index in [2.05, 4.69) is 31.7 Å². The molecular formula is C12H10BrN3O. The van der Waals surface area contributed by atoms with Gasteiger partial charge < -0.3 is 14.8 Å². The van der Waals surface area contributed by atoms with Gasteiger partial charge in [0.05, 0.1) is 17.3 Å². The van der Waals surface area contributed by atoms with Crippen molar-refractivity contribution in [1.82, 2.24) is 9.72 Å². The number of rotatable bonds is 1. The number of hydrogen-bond acceptors (Lipinski definition) is 3. The first-order valence-electron chi connectivity index (χ1n) is 5.12. The molecule has 3 rings (SSSR count). The molecule has 0 saturated carbocycles. The predicted molar refractivity (Wildman–Crippen MR) is 70.5 cm³/mol. The molecule has 0 fully saturated rings. The molecule has 86 valence electrons. The van der Waals surface area contributed by atoms with Crippen LogP contribution in [0.1, 0.15) is 0 Å². The average molecular weight is 292 g/mol. The fraction of sp³-hybridized carbons (Fsp3) is 0.0833. The Kier molecular flexibility index (Phi) is 2.22. The van der Waals surface area contributed by atoms with Crippen molar-refractivity contribution in [3.05, 3.63) is 35.1 Å². The van der Waals surface area contributed by atoms with E-state index in [-0.39, 0.29) is 0 Å². The maximum absolute atomic E-state index is 5.77. The number of nitrogens with zero attached hydrogens (tertiary/aromatic N) is 2. The van der Waals surface area contributed by atoms with E-state index in [0.29, 0.717) is 5.88 Å². The first-order chi connectivity index (χ1) is 8.18. The summed E-state index contributed by atoms with van der Waals surface area (Å²) < 4.78 is 8.04. The van der Waals surface area contributed by atoms with Crippen molar-refractivity contribution in [2.45, 2.75) is 0 Å². The van der Waals surface area contributed by atoms with Gasteiger partial charge in [-0.15, -0.1) is 0 Å². The third-order valence-corrected chi connectivity index (χ3v) is 3.47. The Morgan fingerprint density at radius 1 is 1.35 bits per heavy atom. The summed E-state index contributed by atoms with van der Waals surface area (Å²) in [5.41, 5.74) is 8.72. The molecule has 0 atom stereocenters. The topological polar surface area (TPSA) is 57.0 Å². The number of halogens is 1. The van der Waals surface area contributed by atoms with Crippen LogP contribution in [0.4, 0.5) is 5.88 Å². The SMILES string of the molecule is Cn1cc(Br)c2cccc(-c3cnoc3N)c21. The third-order valence-electron chi connectivity index (χ3n) is 2.84. The van der Waals surface area contributed by atoms with Gasteiger partial charge in [0.2, 0.25) is 5.88 Å². The summed E-state index contributed by atoms with van der Waals surface area (Å²) in [6.45, 7) is 0. The van der Waals surface area contributed by atoms with E-state index in [1.54, 1.807) is 6.20 Å². The first kappa shape index (κ1) is 10.4. The van der Waals surface area contributed by atoms with Crippen molar-refractivity contribution < 1.29 is 4.52 Å². The number of aryl methyl sites for hydroxylation is 1. The van der Waals surface area contributed by atoms with Crippen LogP contribution in [0.2, 0.25) is 0 Å². The van der Waals surface area contributed by atoms with E-state index < -0.39 is 0 Å². The second-order valence-electron chi connectivity index (χ2n) is 3.89. The zero-order chi connectivity index (χ0) is 12.0. The minimum Gasteiger partial charge on any atom is -0.367 e. The van der Waals surface area contributed by atoms with Crippen molar-refractivity contribution in [2.24, 2.45) is 7.05 Å². The Morgan fingerprint density at radius 3 is 2.88 bits per heavy atom. The quantitative estimate of drug-likeness (QED) is 0.749. The molecule has 17 heavy (non-hydrogen) atoms. The second-order valence-corrected chi connectivity index (χ2v) is 4.75. The van der Waals surface area contributed by atoms with Crippen LogP contribution in [-0.4, -0.2) is 9.72 Å². The molecule has 0 spiro atoms. The summed E-state index contributed by atoms with van der Waals surface area (Å²) in [5, 5.41) is 4.86. The number of hydrogen-bond donors (Lipinski definition) is 1. The van der Waals surface area contributed by atoms with E-state index >= 15 is 0 Å². The molecule has 0 aliphatic heterocycles. The van der Waals surface area contributed by atoms with E-state index in [1.165, 1.54) is 0 Å². The molecule has 0 radical (unpaired) electrons. The van der Waals surface area contributed by atoms with Gasteiger partial charge in [-0.1, -0.05) is 23.4 Å². The number of anilines is 1. The van der Waals surface area contributed by atoms with E-state index in [0.717, 1.165) is 26.5 Å². The second kappa shape index (κ2) is 3.63. The van der Waals surface area contributed by atoms with Crippen LogP contribution in [0.3, 0.4) is 0 Å². The number of benzene rings is 1. The minimum absolute atomic E-state index is 0.342. The van der Waals surface area contributed by atoms with Gasteiger partial charge in [0.1, 0.15) is 0 Å². The summed E-state index contributed by atoms with van der Waals surface area (Å²) in [6.07, 6.45) is 3.67. The fourth-order valence-corrected chi connectivity index (χ4v) is 2.72. The van der Waals surface area contributed by atoms with Gasteiger partial charge in [0.15, 0.2) is 0 Å². The van der Waals surface area contributed by atoms with Gasteiger partial charge in [0.25, 0.3) is 0 Å². The summed E-state index contributed by atoms with van der Waals surface area (Å²) >= 11 is 3.54. The summed E-state index contributed by atoms with van der Waals surface area (Å²) in [4.78, 5) is 0. The van der Waals surface area contributed by atoms with Gasteiger partial charge in [-0.05, 0) is 15.9 Å². The molecule has 4 nitrogen and oxygen atoms in total. The van der Waals surface area contributed by atoms with Crippen molar-refractivity contribution in [1.29, 1.82) is 0 Å². The molecule has 2 heterocycles. The number of nitrogens with two attached hydrogens (primary N) is 1. The Labute approximate surface area is 106 Å². The minimum atomic E-state index is 0.342. The third kappa shape index (κ3) is 1.46. The largest absolute Gasteiger partial charge is 0.367 e. The molecule has 2 N–H and O–H groups in total. The molecular weight excluding hydrogens is 282 g/mol. The highest BCUT2D eigenvalue weighted by molar-refractivity contribution is 9.10. The molecule has 5 heteroatoms. The number of aromatic nitrogens is 2. The van der Waals surface area contributed by atoms with E-state index in [1.807, 2.05) is 25.4 Å². The molecule has 0 aliphatic carbocycles. The summed E-state index contributed by atoms with van der Waals surface area (Å²) in [5.74, 6) is 0.342. The lowest BCUT2D eigenvalue weighted by molar-refractivity contribution is 0.436. The van der Waals surface area contributed by atoms with Gasteiger partial charge in [0, 0.05) is 28.7 Å². The molecule has 1 aromatic carbocycles. The highest BCUT2D eigenvalue weighted by Gasteiger charge is 2.14. The summed E-state index contributed by atoms with van der Waals surface area (Å²) in [6, 6.07) is 6.07. The van der Waals surface area contributed by atoms with Crippen LogP contribution in [0, 0.1) is 0 Å². The van der Waals surface area contributed by atoms with Crippen LogP contribution in [0.15, 0.2) is 39.6 Å². The van der Waals surface area contributed by atoms with Gasteiger partial charge in [-0.3, -0.25) is 0 Å². The smallest absolute Gasteiger partial charge is 0.230 e. The monoisotopic (exact) mass is 291 g/mol. The molecule has 0 saturated heterocycles. The zero-order valence-electron chi connectivity index (χ0n) is 9.14. The standard InChI is InChI=1S/C12H10BrN3O/c1-16-6-10(13)8-4-2-3-7(11(8)16)9-5-15-17-12(9)14/h2-6H,14H2,1H3. The molecule has 0 amide bonds. The van der Waals surface area contributed by atoms with Gasteiger partial charge >= 0.3 is 0 Å². The maximum Gasteiger partial charge on any atom is 0.230 e. The zero-order valence-corrected chi connectivity index (χ0v) is 10.7. The van der Waals surface area contributed by atoms with Crippen LogP contribution in [0.25, 0.3) is 22.0 Å². The molecule has 0 aliphatic rings. The lowest BCUT2D eigenvalue weighted by Crippen LogP contribution is -1.90. The number of nitrogen functional groups attached to an aromatic ring is 1. The van der Waals surface area contributed by atoms with Crippen LogP contribution in [0.5, 0.6) is 0 Å². The average Bonchev–Trinajstić information content (AvgIpc) is 2.85. The maximum atomic E-state index is 5.77. The van der Waals surface area contributed by atoms with Crippen LogP contribution >= 0.6 is 15.9 Å². The van der Waals surface area contributed by atoms with Crippen molar-refractivity contribution in [2.75, 3.05) is 5.73 Å². The van der Waals surface area contributed by atoms with Crippen molar-refractivity contribution >= 4 is 32.7 Å². The molecule has 2 aromatic heterocycles. The van der Waals surface area contributed by atoms with E-state index in [9.17, 15) is 0 Å². The summed E-state index contributed by atoms with van der Waals surface area (Å²) in [7, 11) is 2.00. The Hall–Kier alpha value is -1.75. The Balaban J connectivity index is 2.42. The van der Waals surface area contributed by atoms with Crippen LogP contribution in [-0.2, 0) is 7.05 Å². The molecule has 0 unspecified atom stereocenters. The van der Waals surface area contributed by atoms with Crippen LogP contribution < -0.4 is 5.73 Å². The lowest BCUT2D eigenvalue weighted by atomic mass is 10.1. The predicted octanol–water partition coefficient (Wildman–Crippen LogP) is 3.18. The number of fused-ring (bicyclic) bond motifs is 1. The van der Waals surface area contributed by atoms with Gasteiger partial charge in [-0.25, -0.2) is 0 Å². The highest BCUT2D eigenvalue weighted by atomic mass is 79.9. The van der Waals surface area contributed by atoms with Crippen molar-refractivity contribution in [3.63, 3.8) is 0 Å². The normalized spacial score (nSPS) is 11.2. The van der Waals surface area contributed by atoms with Gasteiger partial charge in [-0.2, -0.15) is 0 Å². The fourth-order valence-electron chi connectivity index (χ4n) is 2.09. The van der Waals surface area contributed by atoms with Crippen molar-refractivity contribution in [3.8, 4) is 11.1 Å². The number of para-hydroxylation sites is 1.